The molecule has 0 aliphatic carbocycles. The number of halogens is 1. The molecule has 17 heavy (non-hydrogen) atoms. The minimum Gasteiger partial charge on any atom is -0.477 e. The molecule has 0 aliphatic rings. The fraction of sp³-hybridized carbons (Fsp3) is 0.0909. The first-order valence-electron chi connectivity index (χ1n) is 4.70. The van der Waals surface area contributed by atoms with E-state index >= 15 is 0 Å². The summed E-state index contributed by atoms with van der Waals surface area (Å²) in [6.45, 7) is 0. The van der Waals surface area contributed by atoms with Crippen LogP contribution in [0.25, 0.3) is 11.3 Å². The molecule has 0 fully saturated rings. The highest BCUT2D eigenvalue weighted by Crippen LogP contribution is 2.24. The van der Waals surface area contributed by atoms with Crippen molar-refractivity contribution in [2.75, 3.05) is 0 Å². The maximum atomic E-state index is 11.4. The summed E-state index contributed by atoms with van der Waals surface area (Å²) in [4.78, 5) is 22.4. The topological polar surface area (TPSA) is 72.4 Å². The van der Waals surface area contributed by atoms with Crippen LogP contribution in [0, 0.1) is 0 Å². The summed E-state index contributed by atoms with van der Waals surface area (Å²) in [6, 6.07) is 6.55. The van der Waals surface area contributed by atoms with E-state index < -0.39 is 17.2 Å². The molecule has 0 unspecified atom stereocenters. The highest BCUT2D eigenvalue weighted by Gasteiger charge is 2.23. The van der Waals surface area contributed by atoms with Gasteiger partial charge in [0.2, 0.25) is 0 Å². The number of hydrogen-bond acceptors (Lipinski definition) is 3. The lowest BCUT2D eigenvalue weighted by Crippen LogP contribution is -2.09. The first kappa shape index (κ1) is 11.5. The SMILES string of the molecule is Cn1oc(=O)c(C(=O)O)c1-c1cccc(Cl)c1. The molecule has 0 aliphatic heterocycles. The highest BCUT2D eigenvalue weighted by atomic mass is 35.5. The van der Waals surface area contributed by atoms with Crippen LogP contribution in [-0.2, 0) is 7.05 Å². The van der Waals surface area contributed by atoms with Crippen molar-refractivity contribution in [1.29, 1.82) is 0 Å². The average molecular weight is 254 g/mol. The fourth-order valence-corrected chi connectivity index (χ4v) is 1.81. The first-order valence-corrected chi connectivity index (χ1v) is 5.08. The van der Waals surface area contributed by atoms with E-state index in [1.807, 2.05) is 0 Å². The highest BCUT2D eigenvalue weighted by molar-refractivity contribution is 6.30. The predicted octanol–water partition coefficient (Wildman–Crippen LogP) is 2.00. The molecule has 88 valence electrons. The minimum atomic E-state index is -1.32. The average Bonchev–Trinajstić information content (AvgIpc) is 2.53. The number of carbonyl (C=O) groups is 1. The molecule has 0 amide bonds. The summed E-state index contributed by atoms with van der Waals surface area (Å²) in [5.41, 5.74) is -0.557. The van der Waals surface area contributed by atoms with Crippen molar-refractivity contribution in [2.24, 2.45) is 7.05 Å². The number of aromatic carboxylic acids is 1. The second kappa shape index (κ2) is 4.10. The summed E-state index contributed by atoms with van der Waals surface area (Å²) >= 11 is 5.82. The van der Waals surface area contributed by atoms with Gasteiger partial charge < -0.3 is 9.63 Å². The van der Waals surface area contributed by atoms with Gasteiger partial charge in [-0.1, -0.05) is 23.7 Å². The molecular formula is C11H8ClNO4. The van der Waals surface area contributed by atoms with E-state index in [4.69, 9.17) is 21.2 Å². The van der Waals surface area contributed by atoms with Crippen molar-refractivity contribution in [2.45, 2.75) is 0 Å². The fourth-order valence-electron chi connectivity index (χ4n) is 1.62. The third kappa shape index (κ3) is 1.97. The summed E-state index contributed by atoms with van der Waals surface area (Å²) < 4.78 is 5.86. The lowest BCUT2D eigenvalue weighted by atomic mass is 10.1. The molecule has 1 N–H and O–H groups in total. The normalized spacial score (nSPS) is 10.5. The van der Waals surface area contributed by atoms with Crippen LogP contribution >= 0.6 is 11.6 Å². The minimum absolute atomic E-state index is 0.199. The van der Waals surface area contributed by atoms with Gasteiger partial charge in [0.25, 0.3) is 0 Å². The molecule has 6 heteroatoms. The van der Waals surface area contributed by atoms with E-state index in [1.54, 1.807) is 24.3 Å². The molecular weight excluding hydrogens is 246 g/mol. The van der Waals surface area contributed by atoms with E-state index in [0.29, 0.717) is 10.6 Å². The van der Waals surface area contributed by atoms with Crippen molar-refractivity contribution in [3.05, 3.63) is 45.3 Å². The van der Waals surface area contributed by atoms with Gasteiger partial charge in [-0.3, -0.25) is 0 Å². The van der Waals surface area contributed by atoms with Gasteiger partial charge in [0.1, 0.15) is 5.69 Å². The van der Waals surface area contributed by atoms with Gasteiger partial charge in [-0.05, 0) is 12.1 Å². The summed E-state index contributed by atoms with van der Waals surface area (Å²) in [5, 5.41) is 9.44. The van der Waals surface area contributed by atoms with Crippen molar-refractivity contribution in [1.82, 2.24) is 4.74 Å². The Hall–Kier alpha value is -2.01. The first-order chi connectivity index (χ1) is 8.00. The number of aromatic nitrogens is 1. The molecule has 0 spiro atoms. The van der Waals surface area contributed by atoms with Gasteiger partial charge in [-0.15, -0.1) is 0 Å². The molecule has 1 aromatic carbocycles. The van der Waals surface area contributed by atoms with Gasteiger partial charge in [-0.2, -0.15) is 0 Å². The molecule has 1 aromatic heterocycles. The molecule has 0 saturated heterocycles. The van der Waals surface area contributed by atoms with Gasteiger partial charge in [0.05, 0.1) is 0 Å². The maximum Gasteiger partial charge on any atom is 0.372 e. The Bertz CT molecular complexity index is 641. The van der Waals surface area contributed by atoms with Crippen LogP contribution in [0.4, 0.5) is 0 Å². The Morgan fingerprint density at radius 2 is 2.18 bits per heavy atom. The summed E-state index contributed by atoms with van der Waals surface area (Å²) in [7, 11) is 1.46. The standard InChI is InChI=1S/C11H8ClNO4/c1-13-9(6-3-2-4-7(12)5-6)8(10(14)15)11(16)17-13/h2-5H,1H3,(H,14,15). The number of carboxylic acids is 1. The van der Waals surface area contributed by atoms with Crippen LogP contribution in [-0.4, -0.2) is 15.8 Å². The molecule has 0 radical (unpaired) electrons. The van der Waals surface area contributed by atoms with Crippen LogP contribution in [0.15, 0.2) is 33.6 Å². The Kier molecular flexibility index (Phi) is 2.77. The van der Waals surface area contributed by atoms with Gasteiger partial charge >= 0.3 is 11.6 Å². The van der Waals surface area contributed by atoms with Gasteiger partial charge in [0.15, 0.2) is 5.56 Å². The molecule has 2 rings (SSSR count). The van der Waals surface area contributed by atoms with Gasteiger partial charge in [-0.25, -0.2) is 14.3 Å². The number of hydrogen-bond donors (Lipinski definition) is 1. The van der Waals surface area contributed by atoms with E-state index in [9.17, 15) is 9.59 Å². The molecule has 2 aromatic rings. The van der Waals surface area contributed by atoms with E-state index in [0.717, 1.165) is 4.74 Å². The second-order valence-corrected chi connectivity index (χ2v) is 3.85. The number of benzene rings is 1. The smallest absolute Gasteiger partial charge is 0.372 e. The van der Waals surface area contributed by atoms with Crippen molar-refractivity contribution in [3.8, 4) is 11.3 Å². The maximum absolute atomic E-state index is 11.4. The largest absolute Gasteiger partial charge is 0.477 e. The Morgan fingerprint density at radius 3 is 2.76 bits per heavy atom. The predicted molar refractivity (Wildman–Crippen MR) is 61.4 cm³/mol. The van der Waals surface area contributed by atoms with E-state index in [2.05, 4.69) is 0 Å². The monoisotopic (exact) mass is 253 g/mol. The molecule has 0 bridgehead atoms. The zero-order chi connectivity index (χ0) is 12.6. The van der Waals surface area contributed by atoms with Crippen LogP contribution in [0.5, 0.6) is 0 Å². The zero-order valence-electron chi connectivity index (χ0n) is 8.81. The van der Waals surface area contributed by atoms with Crippen molar-refractivity contribution in [3.63, 3.8) is 0 Å². The number of aryl methyl sites for hydroxylation is 1. The lowest BCUT2D eigenvalue weighted by Gasteiger charge is -2.02. The Morgan fingerprint density at radius 1 is 1.47 bits per heavy atom. The number of nitrogens with zero attached hydrogens (tertiary/aromatic N) is 1. The zero-order valence-corrected chi connectivity index (χ0v) is 9.56. The Balaban J connectivity index is 2.75. The Labute approximate surface area is 101 Å². The summed E-state index contributed by atoms with van der Waals surface area (Å²) in [5.74, 6) is -1.32. The van der Waals surface area contributed by atoms with Crippen molar-refractivity contribution < 1.29 is 14.4 Å². The van der Waals surface area contributed by atoms with Crippen molar-refractivity contribution >= 4 is 17.6 Å². The third-order valence-electron chi connectivity index (χ3n) is 2.29. The van der Waals surface area contributed by atoms with Crippen LogP contribution in [0.1, 0.15) is 10.4 Å². The second-order valence-electron chi connectivity index (χ2n) is 3.42. The van der Waals surface area contributed by atoms with Crippen LogP contribution in [0.3, 0.4) is 0 Å². The number of rotatable bonds is 2. The molecule has 0 atom stereocenters. The van der Waals surface area contributed by atoms with E-state index in [1.165, 1.54) is 7.05 Å². The summed E-state index contributed by atoms with van der Waals surface area (Å²) in [6.07, 6.45) is 0. The van der Waals surface area contributed by atoms with Crippen LogP contribution in [0.2, 0.25) is 5.02 Å². The molecule has 1 heterocycles. The quantitative estimate of drug-likeness (QED) is 0.888. The van der Waals surface area contributed by atoms with E-state index in [-0.39, 0.29) is 5.69 Å². The van der Waals surface area contributed by atoms with Crippen LogP contribution < -0.4 is 5.63 Å². The molecule has 0 saturated carbocycles. The number of carboxylic acid groups (broad SMARTS) is 1. The molecule has 5 nitrogen and oxygen atoms in total. The van der Waals surface area contributed by atoms with Gasteiger partial charge in [0, 0.05) is 17.6 Å². The third-order valence-corrected chi connectivity index (χ3v) is 2.52. The lowest BCUT2D eigenvalue weighted by molar-refractivity contribution is 0.0695.